The van der Waals surface area contributed by atoms with Crippen LogP contribution < -0.4 is 15.4 Å². The standard InChI is InChI=1S/C30H32FN5O6/c1-16-25(28(37)38)27(26(29(39)40)17(2)32-16)20-7-8-22(31)23(14-20)33-30-35-34-24(42-30)15-36-11-9-18(10-12-36)19-5-4-6-21(13-19)41-3/h4-8,13-14,18,27,32H,9-12,15H2,1-3H3,(H,33,35)(H,37,38)(H,39,40). The van der Waals surface area contributed by atoms with Crippen molar-refractivity contribution in [2.75, 3.05) is 25.5 Å². The number of hydrogen-bond acceptors (Lipinski definition) is 9. The summed E-state index contributed by atoms with van der Waals surface area (Å²) in [4.78, 5) is 26.4. The summed E-state index contributed by atoms with van der Waals surface area (Å²) < 4.78 is 26.0. The number of hydrogen-bond donors (Lipinski definition) is 4. The molecule has 11 nitrogen and oxygen atoms in total. The second kappa shape index (κ2) is 12.0. The van der Waals surface area contributed by atoms with Crippen LogP contribution in [0.4, 0.5) is 16.1 Å². The molecule has 42 heavy (non-hydrogen) atoms. The summed E-state index contributed by atoms with van der Waals surface area (Å²) in [6, 6.07) is 12.0. The first-order valence-electron chi connectivity index (χ1n) is 13.5. The predicted molar refractivity (Wildman–Crippen MR) is 151 cm³/mol. The van der Waals surface area contributed by atoms with Crippen LogP contribution in [0.2, 0.25) is 0 Å². The van der Waals surface area contributed by atoms with Crippen LogP contribution in [0.1, 0.15) is 55.5 Å². The largest absolute Gasteiger partial charge is 0.497 e. The molecule has 2 aliphatic heterocycles. The summed E-state index contributed by atoms with van der Waals surface area (Å²) in [5.74, 6) is -2.67. The van der Waals surface area contributed by atoms with Gasteiger partial charge < -0.3 is 30.0 Å². The number of anilines is 2. The Morgan fingerprint density at radius 1 is 1.05 bits per heavy atom. The monoisotopic (exact) mass is 577 g/mol. The Labute approximate surface area is 241 Å². The number of carboxylic acid groups (broad SMARTS) is 2. The third-order valence-corrected chi connectivity index (χ3v) is 7.77. The number of rotatable bonds is 9. The fourth-order valence-electron chi connectivity index (χ4n) is 5.71. The zero-order chi connectivity index (χ0) is 30.0. The van der Waals surface area contributed by atoms with Crippen molar-refractivity contribution in [2.45, 2.75) is 45.1 Å². The molecule has 4 N–H and O–H groups in total. The molecule has 2 aromatic carbocycles. The number of piperidine rings is 1. The number of carbonyl (C=O) groups is 2. The van der Waals surface area contributed by atoms with Crippen molar-refractivity contribution in [1.82, 2.24) is 20.4 Å². The Kier molecular flexibility index (Phi) is 8.25. The van der Waals surface area contributed by atoms with Gasteiger partial charge in [0.2, 0.25) is 5.89 Å². The minimum absolute atomic E-state index is 0.0343. The zero-order valence-corrected chi connectivity index (χ0v) is 23.5. The van der Waals surface area contributed by atoms with E-state index < -0.39 is 23.7 Å². The maximum atomic E-state index is 14.9. The van der Waals surface area contributed by atoms with E-state index in [0.29, 0.717) is 29.7 Å². The summed E-state index contributed by atoms with van der Waals surface area (Å²) in [5.41, 5.74) is 1.84. The average molecular weight is 578 g/mol. The molecular weight excluding hydrogens is 545 g/mol. The zero-order valence-electron chi connectivity index (χ0n) is 23.5. The van der Waals surface area contributed by atoms with E-state index >= 15 is 0 Å². The van der Waals surface area contributed by atoms with Crippen LogP contribution in [-0.4, -0.2) is 57.4 Å². The lowest BCUT2D eigenvalue weighted by Gasteiger charge is -2.31. The van der Waals surface area contributed by atoms with Crippen LogP contribution in [-0.2, 0) is 16.1 Å². The lowest BCUT2D eigenvalue weighted by molar-refractivity contribution is -0.133. The molecule has 0 saturated carbocycles. The number of aromatic nitrogens is 2. The minimum atomic E-state index is -1.27. The summed E-state index contributed by atoms with van der Waals surface area (Å²) in [6.07, 6.45) is 1.94. The number of benzene rings is 2. The molecule has 0 radical (unpaired) electrons. The SMILES string of the molecule is COc1cccc(C2CCN(Cc3nnc(Nc4cc(C5C(C(=O)O)=C(C)NC(C)=C5C(=O)O)ccc4F)o3)CC2)c1. The molecule has 0 aliphatic carbocycles. The lowest BCUT2D eigenvalue weighted by atomic mass is 9.80. The molecule has 220 valence electrons. The average Bonchev–Trinajstić information content (AvgIpc) is 3.40. The fraction of sp³-hybridized carbons (Fsp3) is 0.333. The van der Waals surface area contributed by atoms with E-state index in [1.807, 2.05) is 12.1 Å². The van der Waals surface area contributed by atoms with Crippen molar-refractivity contribution in [1.29, 1.82) is 0 Å². The van der Waals surface area contributed by atoms with Crippen molar-refractivity contribution in [3.63, 3.8) is 0 Å². The highest BCUT2D eigenvalue weighted by Crippen LogP contribution is 2.39. The van der Waals surface area contributed by atoms with E-state index in [2.05, 4.69) is 37.9 Å². The van der Waals surface area contributed by atoms with Gasteiger partial charge in [-0.05, 0) is 81.1 Å². The molecular formula is C30H32FN5O6. The Hall–Kier alpha value is -4.71. The maximum Gasteiger partial charge on any atom is 0.334 e. The summed E-state index contributed by atoms with van der Waals surface area (Å²) in [6.45, 7) is 5.25. The number of carboxylic acids is 2. The van der Waals surface area contributed by atoms with Crippen LogP contribution in [0, 0.1) is 5.82 Å². The summed E-state index contributed by atoms with van der Waals surface area (Å²) in [7, 11) is 1.66. The van der Waals surface area contributed by atoms with Gasteiger partial charge in [0.25, 0.3) is 0 Å². The molecule has 0 amide bonds. The number of nitrogens with zero attached hydrogens (tertiary/aromatic N) is 3. The van der Waals surface area contributed by atoms with Gasteiger partial charge in [0.15, 0.2) is 0 Å². The van der Waals surface area contributed by atoms with Crippen molar-refractivity contribution < 1.29 is 33.3 Å². The summed E-state index contributed by atoms with van der Waals surface area (Å²) in [5, 5.41) is 33.4. The normalized spacial score (nSPS) is 16.9. The Morgan fingerprint density at radius 3 is 2.38 bits per heavy atom. The molecule has 3 aromatic rings. The predicted octanol–water partition coefficient (Wildman–Crippen LogP) is 4.74. The first-order chi connectivity index (χ1) is 20.1. The van der Waals surface area contributed by atoms with Crippen LogP contribution in [0.25, 0.3) is 0 Å². The van der Waals surface area contributed by atoms with E-state index in [-0.39, 0.29) is 28.4 Å². The number of allylic oxidation sites excluding steroid dienone is 2. The van der Waals surface area contributed by atoms with Gasteiger partial charge in [0.05, 0.1) is 36.4 Å². The Morgan fingerprint density at radius 2 is 1.74 bits per heavy atom. The molecule has 5 rings (SSSR count). The number of dihydropyridines is 1. The van der Waals surface area contributed by atoms with E-state index in [1.54, 1.807) is 21.0 Å². The third-order valence-electron chi connectivity index (χ3n) is 7.77. The highest BCUT2D eigenvalue weighted by Gasteiger charge is 2.37. The van der Waals surface area contributed by atoms with Crippen molar-refractivity contribution in [3.8, 4) is 5.75 Å². The number of likely N-dealkylation sites (tertiary alicyclic amines) is 1. The minimum Gasteiger partial charge on any atom is -0.497 e. The molecule has 1 aromatic heterocycles. The van der Waals surface area contributed by atoms with E-state index in [9.17, 15) is 24.2 Å². The molecule has 0 atom stereocenters. The van der Waals surface area contributed by atoms with Gasteiger partial charge in [0, 0.05) is 11.4 Å². The van der Waals surface area contributed by atoms with Gasteiger partial charge in [-0.3, -0.25) is 4.90 Å². The molecule has 0 unspecified atom stereocenters. The highest BCUT2D eigenvalue weighted by molar-refractivity contribution is 5.98. The van der Waals surface area contributed by atoms with Crippen LogP contribution in [0.15, 0.2) is 69.4 Å². The van der Waals surface area contributed by atoms with E-state index in [4.69, 9.17) is 9.15 Å². The first-order valence-corrected chi connectivity index (χ1v) is 13.5. The molecule has 1 saturated heterocycles. The number of nitrogens with one attached hydrogen (secondary N) is 2. The van der Waals surface area contributed by atoms with Gasteiger partial charge >= 0.3 is 18.0 Å². The summed E-state index contributed by atoms with van der Waals surface area (Å²) >= 11 is 0. The first kappa shape index (κ1) is 28.8. The van der Waals surface area contributed by atoms with Crippen LogP contribution >= 0.6 is 0 Å². The number of ether oxygens (including phenoxy) is 1. The second-order valence-electron chi connectivity index (χ2n) is 10.4. The fourth-order valence-corrected chi connectivity index (χ4v) is 5.71. The van der Waals surface area contributed by atoms with Gasteiger partial charge in [-0.1, -0.05) is 23.3 Å². The molecule has 0 spiro atoms. The van der Waals surface area contributed by atoms with Gasteiger partial charge in [-0.25, -0.2) is 14.0 Å². The molecule has 0 bridgehead atoms. The number of aliphatic carboxylic acids is 2. The number of halogens is 1. The van der Waals surface area contributed by atoms with E-state index in [1.165, 1.54) is 17.7 Å². The Bertz CT molecular complexity index is 1540. The molecule has 12 heteroatoms. The lowest BCUT2D eigenvalue weighted by Crippen LogP contribution is -2.32. The Balaban J connectivity index is 1.29. The second-order valence-corrected chi connectivity index (χ2v) is 10.4. The van der Waals surface area contributed by atoms with Crippen molar-refractivity contribution in [3.05, 3.63) is 87.8 Å². The molecule has 1 fully saturated rings. The van der Waals surface area contributed by atoms with Gasteiger partial charge in [-0.2, -0.15) is 0 Å². The highest BCUT2D eigenvalue weighted by atomic mass is 19.1. The van der Waals surface area contributed by atoms with Crippen LogP contribution in [0.5, 0.6) is 5.75 Å². The van der Waals surface area contributed by atoms with Gasteiger partial charge in [0.1, 0.15) is 11.6 Å². The van der Waals surface area contributed by atoms with Gasteiger partial charge in [-0.15, -0.1) is 5.10 Å². The quantitative estimate of drug-likeness (QED) is 0.279. The smallest absolute Gasteiger partial charge is 0.334 e. The van der Waals surface area contributed by atoms with Crippen LogP contribution in [0.3, 0.4) is 0 Å². The van der Waals surface area contributed by atoms with Crippen molar-refractivity contribution >= 4 is 23.6 Å². The number of methoxy groups -OCH3 is 1. The third kappa shape index (κ3) is 5.98. The van der Waals surface area contributed by atoms with E-state index in [0.717, 1.165) is 37.7 Å². The topological polar surface area (TPSA) is 150 Å². The molecule has 3 heterocycles. The maximum absolute atomic E-state index is 14.9. The van der Waals surface area contributed by atoms with Crippen molar-refractivity contribution in [2.24, 2.45) is 0 Å². The molecule has 2 aliphatic rings.